The molecule has 9 nitrogen and oxygen atoms in total. The smallest absolute Gasteiger partial charge is 0.269 e. The van der Waals surface area contributed by atoms with E-state index in [1.807, 2.05) is 4.90 Å². The summed E-state index contributed by atoms with van der Waals surface area (Å²) in [5.74, 6) is 0.931. The third-order valence-electron chi connectivity index (χ3n) is 5.16. The Kier molecular flexibility index (Phi) is 7.80. The minimum atomic E-state index is -0.408. The molecule has 2 aliphatic heterocycles. The Balaban J connectivity index is 1.50. The van der Waals surface area contributed by atoms with Gasteiger partial charge in [0.05, 0.1) is 17.6 Å². The fourth-order valence-corrected chi connectivity index (χ4v) is 3.50. The van der Waals surface area contributed by atoms with E-state index >= 15 is 0 Å². The predicted octanol–water partition coefficient (Wildman–Crippen LogP) is 1.82. The molecule has 1 aromatic carbocycles. The molecule has 2 aliphatic rings. The van der Waals surface area contributed by atoms with Gasteiger partial charge >= 0.3 is 0 Å². The van der Waals surface area contributed by atoms with Crippen LogP contribution in [0.5, 0.6) is 0 Å². The molecule has 1 amide bonds. The van der Waals surface area contributed by atoms with Crippen molar-refractivity contribution in [1.29, 1.82) is 0 Å². The molecular weight excluding hydrogens is 374 g/mol. The Labute approximate surface area is 170 Å². The van der Waals surface area contributed by atoms with Crippen LogP contribution < -0.4 is 10.6 Å². The number of hydrogen-bond donors (Lipinski definition) is 2. The molecule has 2 fully saturated rings. The number of nitro benzene ring substituents is 1. The minimum absolute atomic E-state index is 0.0732. The Morgan fingerprint density at radius 1 is 1.28 bits per heavy atom. The van der Waals surface area contributed by atoms with Crippen molar-refractivity contribution in [2.24, 2.45) is 4.99 Å². The number of nitrogens with one attached hydrogen (secondary N) is 2. The highest BCUT2D eigenvalue weighted by atomic mass is 16.6. The van der Waals surface area contributed by atoms with Crippen LogP contribution in [0.15, 0.2) is 29.3 Å². The van der Waals surface area contributed by atoms with E-state index in [1.54, 1.807) is 12.1 Å². The van der Waals surface area contributed by atoms with Crippen molar-refractivity contribution >= 4 is 17.6 Å². The molecule has 2 saturated heterocycles. The average Bonchev–Trinajstić information content (AvgIpc) is 3.38. The van der Waals surface area contributed by atoms with E-state index in [9.17, 15) is 14.9 Å². The first-order chi connectivity index (χ1) is 14.1. The second-order valence-corrected chi connectivity index (χ2v) is 7.37. The molecule has 0 spiro atoms. The lowest BCUT2D eigenvalue weighted by Crippen LogP contribution is -2.42. The van der Waals surface area contributed by atoms with Gasteiger partial charge in [-0.15, -0.1) is 0 Å². The van der Waals surface area contributed by atoms with Crippen LogP contribution in [-0.4, -0.2) is 60.6 Å². The number of amides is 1. The maximum Gasteiger partial charge on any atom is 0.269 e. The van der Waals surface area contributed by atoms with Gasteiger partial charge in [0.25, 0.3) is 5.69 Å². The highest BCUT2D eigenvalue weighted by Crippen LogP contribution is 2.13. The van der Waals surface area contributed by atoms with E-state index in [1.165, 1.54) is 12.1 Å². The SMILES string of the molecule is O=C1CCCN1CCCNC(=NCc1ccc([N+](=O)[O-])cc1)NCC1CCCO1. The van der Waals surface area contributed by atoms with E-state index in [2.05, 4.69) is 15.6 Å². The maximum absolute atomic E-state index is 11.7. The number of rotatable bonds is 9. The molecule has 0 radical (unpaired) electrons. The van der Waals surface area contributed by atoms with Crippen molar-refractivity contribution in [3.63, 3.8) is 0 Å². The number of guanidine groups is 1. The summed E-state index contributed by atoms with van der Waals surface area (Å²) in [6.45, 7) is 4.24. The summed E-state index contributed by atoms with van der Waals surface area (Å²) in [4.78, 5) is 28.6. The van der Waals surface area contributed by atoms with Crippen molar-refractivity contribution in [3.05, 3.63) is 39.9 Å². The van der Waals surface area contributed by atoms with E-state index in [4.69, 9.17) is 4.74 Å². The van der Waals surface area contributed by atoms with Gasteiger partial charge in [-0.05, 0) is 31.2 Å². The molecule has 158 valence electrons. The van der Waals surface area contributed by atoms with Crippen molar-refractivity contribution in [2.75, 3.05) is 32.8 Å². The van der Waals surface area contributed by atoms with Crippen molar-refractivity contribution in [1.82, 2.24) is 15.5 Å². The molecule has 1 atom stereocenters. The number of hydrogen-bond acceptors (Lipinski definition) is 5. The molecule has 3 rings (SSSR count). The van der Waals surface area contributed by atoms with Gasteiger partial charge in [0.2, 0.25) is 5.91 Å². The maximum atomic E-state index is 11.7. The van der Waals surface area contributed by atoms with Gasteiger partial charge in [-0.2, -0.15) is 0 Å². The molecular formula is C20H29N5O4. The third kappa shape index (κ3) is 6.70. The summed E-state index contributed by atoms with van der Waals surface area (Å²) in [7, 11) is 0. The molecule has 2 N–H and O–H groups in total. The van der Waals surface area contributed by atoms with Crippen molar-refractivity contribution in [2.45, 2.75) is 44.8 Å². The second-order valence-electron chi connectivity index (χ2n) is 7.37. The molecule has 1 aromatic rings. The second kappa shape index (κ2) is 10.8. The Hall–Kier alpha value is -2.68. The highest BCUT2D eigenvalue weighted by Gasteiger charge is 2.19. The van der Waals surface area contributed by atoms with Crippen LogP contribution in [0.4, 0.5) is 5.69 Å². The summed E-state index contributed by atoms with van der Waals surface area (Å²) >= 11 is 0. The van der Waals surface area contributed by atoms with Gasteiger partial charge < -0.3 is 20.3 Å². The van der Waals surface area contributed by atoms with E-state index in [-0.39, 0.29) is 17.7 Å². The van der Waals surface area contributed by atoms with Gasteiger partial charge in [0, 0.05) is 51.3 Å². The lowest BCUT2D eigenvalue weighted by atomic mass is 10.2. The fraction of sp³-hybridized carbons (Fsp3) is 0.600. The van der Waals surface area contributed by atoms with E-state index in [0.29, 0.717) is 32.0 Å². The van der Waals surface area contributed by atoms with E-state index in [0.717, 1.165) is 50.9 Å². The van der Waals surface area contributed by atoms with Crippen LogP contribution in [0.3, 0.4) is 0 Å². The van der Waals surface area contributed by atoms with Crippen LogP contribution in [0, 0.1) is 10.1 Å². The summed E-state index contributed by atoms with van der Waals surface area (Å²) in [6, 6.07) is 6.42. The lowest BCUT2D eigenvalue weighted by Gasteiger charge is -2.18. The third-order valence-corrected chi connectivity index (χ3v) is 5.16. The number of likely N-dealkylation sites (tertiary alicyclic amines) is 1. The number of ether oxygens (including phenoxy) is 1. The quantitative estimate of drug-likeness (QED) is 0.214. The van der Waals surface area contributed by atoms with Crippen LogP contribution in [0.2, 0.25) is 0 Å². The highest BCUT2D eigenvalue weighted by molar-refractivity contribution is 5.80. The normalized spacial score (nSPS) is 19.6. The van der Waals surface area contributed by atoms with Gasteiger partial charge in [-0.25, -0.2) is 4.99 Å². The van der Waals surface area contributed by atoms with Gasteiger partial charge in [-0.1, -0.05) is 12.1 Å². The first-order valence-electron chi connectivity index (χ1n) is 10.3. The average molecular weight is 403 g/mol. The molecule has 9 heteroatoms. The van der Waals surface area contributed by atoms with Crippen LogP contribution >= 0.6 is 0 Å². The number of nitrogens with zero attached hydrogens (tertiary/aromatic N) is 3. The zero-order chi connectivity index (χ0) is 20.5. The van der Waals surface area contributed by atoms with Crippen LogP contribution in [-0.2, 0) is 16.1 Å². The number of nitro groups is 1. The Morgan fingerprint density at radius 2 is 2.10 bits per heavy atom. The number of non-ortho nitro benzene ring substituents is 1. The number of carbonyl (C=O) groups excluding carboxylic acids is 1. The van der Waals surface area contributed by atoms with Crippen LogP contribution in [0.25, 0.3) is 0 Å². The standard InChI is InChI=1S/C20H29N5O4/c26-19-5-1-11-24(19)12-3-10-21-20(23-15-18-4-2-13-29-18)22-14-16-6-8-17(9-7-16)25(27)28/h6-9,18H,1-5,10-15H2,(H2,21,22,23). The molecule has 1 unspecified atom stereocenters. The largest absolute Gasteiger partial charge is 0.376 e. The monoisotopic (exact) mass is 403 g/mol. The zero-order valence-electron chi connectivity index (χ0n) is 16.6. The van der Waals surface area contributed by atoms with E-state index < -0.39 is 4.92 Å². The van der Waals surface area contributed by atoms with Gasteiger partial charge in [-0.3, -0.25) is 14.9 Å². The molecule has 2 heterocycles. The Bertz CT molecular complexity index is 716. The fourth-order valence-electron chi connectivity index (χ4n) is 3.50. The van der Waals surface area contributed by atoms with Crippen LogP contribution in [0.1, 0.15) is 37.7 Å². The Morgan fingerprint density at radius 3 is 2.76 bits per heavy atom. The number of aliphatic imine (C=N–C) groups is 1. The predicted molar refractivity (Wildman–Crippen MR) is 110 cm³/mol. The number of carbonyl (C=O) groups is 1. The first kappa shape index (κ1) is 21.0. The molecule has 29 heavy (non-hydrogen) atoms. The first-order valence-corrected chi connectivity index (χ1v) is 10.3. The summed E-state index contributed by atoms with van der Waals surface area (Å²) in [5.41, 5.74) is 0.973. The van der Waals surface area contributed by atoms with Gasteiger partial charge in [0.15, 0.2) is 5.96 Å². The topological polar surface area (TPSA) is 109 Å². The summed E-state index contributed by atoms with van der Waals surface area (Å²) in [5, 5.41) is 17.4. The number of benzene rings is 1. The minimum Gasteiger partial charge on any atom is -0.376 e. The van der Waals surface area contributed by atoms with Crippen molar-refractivity contribution < 1.29 is 14.5 Å². The molecule has 0 aromatic heterocycles. The molecule has 0 aliphatic carbocycles. The van der Waals surface area contributed by atoms with Gasteiger partial charge in [0.1, 0.15) is 0 Å². The molecule has 0 bridgehead atoms. The van der Waals surface area contributed by atoms with Crippen molar-refractivity contribution in [3.8, 4) is 0 Å². The molecule has 0 saturated carbocycles. The lowest BCUT2D eigenvalue weighted by molar-refractivity contribution is -0.384. The summed E-state index contributed by atoms with van der Waals surface area (Å²) < 4.78 is 5.65. The zero-order valence-corrected chi connectivity index (χ0v) is 16.6. The summed E-state index contributed by atoms with van der Waals surface area (Å²) in [6.07, 6.45) is 4.79.